The molecule has 28 heavy (non-hydrogen) atoms. The van der Waals surface area contributed by atoms with Crippen LogP contribution in [0, 0.1) is 5.82 Å². The van der Waals surface area contributed by atoms with Crippen LogP contribution >= 0.6 is 11.6 Å². The van der Waals surface area contributed by atoms with Gasteiger partial charge in [0.05, 0.1) is 5.69 Å². The average Bonchev–Trinajstić information content (AvgIpc) is 3.10. The molecule has 4 rings (SSSR count). The number of nitrogens with one attached hydrogen (secondary N) is 1. The number of nitrogens with zero attached hydrogens (tertiary/aromatic N) is 3. The molecule has 144 valence electrons. The van der Waals surface area contributed by atoms with Gasteiger partial charge in [-0.1, -0.05) is 17.7 Å². The van der Waals surface area contributed by atoms with Crippen LogP contribution in [0.15, 0.2) is 53.3 Å². The Balaban J connectivity index is 1.55. The van der Waals surface area contributed by atoms with E-state index in [4.69, 9.17) is 11.6 Å². The maximum Gasteiger partial charge on any atom is 0.348 e. The van der Waals surface area contributed by atoms with Crippen LogP contribution in [-0.2, 0) is 0 Å². The molecule has 8 heteroatoms. The lowest BCUT2D eigenvalue weighted by Gasteiger charge is -2.31. The van der Waals surface area contributed by atoms with E-state index in [2.05, 4.69) is 10.1 Å². The SMILES string of the molecule is O=C(c1ccc(F)cc1)N1CCCC(c2nn(-c3cccc(Cl)c3)c(=O)[nH]2)C1. The predicted molar refractivity (Wildman–Crippen MR) is 103 cm³/mol. The van der Waals surface area contributed by atoms with Crippen LogP contribution in [-0.4, -0.2) is 38.7 Å². The summed E-state index contributed by atoms with van der Waals surface area (Å²) in [4.78, 5) is 29.6. The van der Waals surface area contributed by atoms with Crippen molar-refractivity contribution in [3.63, 3.8) is 0 Å². The third kappa shape index (κ3) is 3.71. The number of halogens is 2. The summed E-state index contributed by atoms with van der Waals surface area (Å²) in [5.74, 6) is -0.0635. The molecule has 1 atom stereocenters. The van der Waals surface area contributed by atoms with Crippen molar-refractivity contribution in [3.05, 3.63) is 81.2 Å². The Bertz CT molecular complexity index is 1060. The van der Waals surface area contributed by atoms with Crippen molar-refractivity contribution in [2.45, 2.75) is 18.8 Å². The van der Waals surface area contributed by atoms with Crippen molar-refractivity contribution in [2.24, 2.45) is 0 Å². The average molecular weight is 401 g/mol. The molecule has 1 fully saturated rings. The van der Waals surface area contributed by atoms with Crippen LogP contribution in [0.1, 0.15) is 34.9 Å². The maximum atomic E-state index is 13.1. The number of likely N-dealkylation sites (tertiary alicyclic amines) is 1. The summed E-state index contributed by atoms with van der Waals surface area (Å²) in [6.45, 7) is 1.06. The second-order valence-electron chi connectivity index (χ2n) is 6.80. The topological polar surface area (TPSA) is 71.0 Å². The highest BCUT2D eigenvalue weighted by Crippen LogP contribution is 2.25. The van der Waals surface area contributed by atoms with Crippen LogP contribution in [0.25, 0.3) is 5.69 Å². The summed E-state index contributed by atoms with van der Waals surface area (Å²) < 4.78 is 14.4. The molecule has 0 saturated carbocycles. The summed E-state index contributed by atoms with van der Waals surface area (Å²) in [5, 5.41) is 4.94. The molecule has 1 N–H and O–H groups in total. The first-order valence-electron chi connectivity index (χ1n) is 9.01. The number of carbonyl (C=O) groups is 1. The van der Waals surface area contributed by atoms with E-state index >= 15 is 0 Å². The molecule has 1 aliphatic heterocycles. The number of hydrogen-bond donors (Lipinski definition) is 1. The van der Waals surface area contributed by atoms with E-state index in [1.165, 1.54) is 28.9 Å². The Hall–Kier alpha value is -2.93. The third-order valence-electron chi connectivity index (χ3n) is 4.87. The van der Waals surface area contributed by atoms with Crippen LogP contribution in [0.4, 0.5) is 4.39 Å². The van der Waals surface area contributed by atoms with Crippen LogP contribution in [0.2, 0.25) is 5.02 Å². The maximum absolute atomic E-state index is 13.1. The van der Waals surface area contributed by atoms with Crippen molar-refractivity contribution in [2.75, 3.05) is 13.1 Å². The Kier molecular flexibility index (Phi) is 5.00. The van der Waals surface area contributed by atoms with Gasteiger partial charge in [0.1, 0.15) is 11.6 Å². The number of rotatable bonds is 3. The summed E-state index contributed by atoms with van der Waals surface area (Å²) in [5.41, 5.74) is 0.675. The highest BCUT2D eigenvalue weighted by atomic mass is 35.5. The second kappa shape index (κ2) is 7.59. The first-order chi connectivity index (χ1) is 13.5. The number of piperidine rings is 1. The highest BCUT2D eigenvalue weighted by molar-refractivity contribution is 6.30. The zero-order valence-electron chi connectivity index (χ0n) is 14.9. The zero-order valence-corrected chi connectivity index (χ0v) is 15.7. The summed E-state index contributed by atoms with van der Waals surface area (Å²) in [6.07, 6.45) is 1.61. The van der Waals surface area contributed by atoms with E-state index in [1.54, 1.807) is 29.2 Å². The van der Waals surface area contributed by atoms with E-state index < -0.39 is 0 Å². The fourth-order valence-electron chi connectivity index (χ4n) is 3.47. The van der Waals surface area contributed by atoms with Gasteiger partial charge in [-0.25, -0.2) is 9.18 Å². The predicted octanol–water partition coefficient (Wildman–Crippen LogP) is 3.37. The van der Waals surface area contributed by atoms with Gasteiger partial charge >= 0.3 is 5.69 Å². The summed E-state index contributed by atoms with van der Waals surface area (Å²) in [6, 6.07) is 12.4. The van der Waals surface area contributed by atoms with Gasteiger partial charge in [-0.2, -0.15) is 4.68 Å². The number of amides is 1. The smallest absolute Gasteiger partial charge is 0.338 e. The van der Waals surface area contributed by atoms with Gasteiger partial charge in [0.15, 0.2) is 0 Å². The molecule has 0 radical (unpaired) electrons. The van der Waals surface area contributed by atoms with Crippen molar-refractivity contribution < 1.29 is 9.18 Å². The van der Waals surface area contributed by atoms with Crippen molar-refractivity contribution in [3.8, 4) is 5.69 Å². The number of H-pyrrole nitrogens is 1. The van der Waals surface area contributed by atoms with E-state index in [1.807, 2.05) is 0 Å². The number of hydrogen-bond acceptors (Lipinski definition) is 3. The molecule has 1 amide bonds. The zero-order chi connectivity index (χ0) is 19.7. The lowest BCUT2D eigenvalue weighted by atomic mass is 9.97. The van der Waals surface area contributed by atoms with Crippen LogP contribution < -0.4 is 5.69 Å². The molecule has 3 aromatic rings. The number of carbonyl (C=O) groups excluding carboxylic acids is 1. The molecular formula is C20H18ClFN4O2. The fourth-order valence-corrected chi connectivity index (χ4v) is 3.65. The molecule has 2 aromatic carbocycles. The molecule has 1 unspecified atom stereocenters. The van der Waals surface area contributed by atoms with Crippen molar-refractivity contribution in [1.82, 2.24) is 19.7 Å². The Labute approximate surface area is 165 Å². The van der Waals surface area contributed by atoms with Crippen LogP contribution in [0.5, 0.6) is 0 Å². The minimum atomic E-state index is -0.378. The molecule has 1 aliphatic rings. The number of benzene rings is 2. The van der Waals surface area contributed by atoms with Gasteiger partial charge in [-0.05, 0) is 55.3 Å². The summed E-state index contributed by atoms with van der Waals surface area (Å²) >= 11 is 6.00. The first-order valence-corrected chi connectivity index (χ1v) is 9.39. The Morgan fingerprint density at radius 1 is 1.21 bits per heavy atom. The van der Waals surface area contributed by atoms with Gasteiger partial charge in [0.25, 0.3) is 5.91 Å². The van der Waals surface area contributed by atoms with Gasteiger partial charge < -0.3 is 4.90 Å². The highest BCUT2D eigenvalue weighted by Gasteiger charge is 2.28. The quantitative estimate of drug-likeness (QED) is 0.732. The van der Waals surface area contributed by atoms with Gasteiger partial charge in [0.2, 0.25) is 0 Å². The van der Waals surface area contributed by atoms with Crippen molar-refractivity contribution >= 4 is 17.5 Å². The minimum Gasteiger partial charge on any atom is -0.338 e. The third-order valence-corrected chi connectivity index (χ3v) is 5.11. The van der Waals surface area contributed by atoms with E-state index in [0.717, 1.165) is 12.8 Å². The Morgan fingerprint density at radius 3 is 2.75 bits per heavy atom. The van der Waals surface area contributed by atoms with E-state index in [0.29, 0.717) is 35.2 Å². The van der Waals surface area contributed by atoms with Gasteiger partial charge in [-0.3, -0.25) is 9.78 Å². The Morgan fingerprint density at radius 2 is 2.00 bits per heavy atom. The van der Waals surface area contributed by atoms with Gasteiger partial charge in [-0.15, -0.1) is 5.10 Å². The molecule has 1 aromatic heterocycles. The fraction of sp³-hybridized carbons (Fsp3) is 0.250. The summed E-state index contributed by atoms with van der Waals surface area (Å²) in [7, 11) is 0. The van der Waals surface area contributed by atoms with Crippen molar-refractivity contribution in [1.29, 1.82) is 0 Å². The van der Waals surface area contributed by atoms with Crippen LogP contribution in [0.3, 0.4) is 0 Å². The molecule has 0 spiro atoms. The second-order valence-corrected chi connectivity index (χ2v) is 7.24. The molecule has 1 saturated heterocycles. The lowest BCUT2D eigenvalue weighted by molar-refractivity contribution is 0.0704. The molecule has 2 heterocycles. The molecule has 0 aliphatic carbocycles. The number of aromatic nitrogens is 3. The monoisotopic (exact) mass is 400 g/mol. The van der Waals surface area contributed by atoms with Gasteiger partial charge in [0, 0.05) is 29.6 Å². The number of aromatic amines is 1. The molecular weight excluding hydrogens is 383 g/mol. The van der Waals surface area contributed by atoms with E-state index in [9.17, 15) is 14.0 Å². The minimum absolute atomic E-state index is 0.0775. The molecule has 0 bridgehead atoms. The van der Waals surface area contributed by atoms with E-state index in [-0.39, 0.29) is 23.3 Å². The largest absolute Gasteiger partial charge is 0.348 e. The molecule has 6 nitrogen and oxygen atoms in total. The normalized spacial score (nSPS) is 16.9. The first kappa shape index (κ1) is 18.4. The lowest BCUT2D eigenvalue weighted by Crippen LogP contribution is -2.39. The standard InChI is InChI=1S/C20H18ClFN4O2/c21-15-4-1-5-17(11-15)26-20(28)23-18(24-26)14-3-2-10-25(12-14)19(27)13-6-8-16(22)9-7-13/h1,4-9,11,14H,2-3,10,12H2,(H,23,24,28).